The topological polar surface area (TPSA) is 84.1 Å². The molecule has 0 N–H and O–H groups in total. The van der Waals surface area contributed by atoms with Crippen LogP contribution in [0.15, 0.2) is 27.7 Å². The number of aromatic nitrogens is 2. The molecule has 2 fully saturated rings. The number of aliphatic imine (C=N–C) groups is 1. The van der Waals surface area contributed by atoms with Gasteiger partial charge in [0.15, 0.2) is 11.9 Å². The highest BCUT2D eigenvalue weighted by Gasteiger charge is 2.48. The summed E-state index contributed by atoms with van der Waals surface area (Å²) in [6.07, 6.45) is 8.27. The Morgan fingerprint density at radius 2 is 2.00 bits per heavy atom. The third kappa shape index (κ3) is 3.24. The molecule has 9 heteroatoms. The number of hydrogen-bond donors (Lipinski definition) is 0. The Morgan fingerprint density at radius 3 is 2.81 bits per heavy atom. The van der Waals surface area contributed by atoms with Crippen molar-refractivity contribution in [1.29, 1.82) is 0 Å². The van der Waals surface area contributed by atoms with Gasteiger partial charge in [0.05, 0.1) is 30.4 Å². The number of anilines is 2. The fourth-order valence-electron chi connectivity index (χ4n) is 5.22. The Hall–Kier alpha value is -2.45. The third-order valence-corrected chi connectivity index (χ3v) is 7.05. The zero-order valence-corrected chi connectivity index (χ0v) is 17.9. The van der Waals surface area contributed by atoms with E-state index in [2.05, 4.69) is 15.1 Å². The van der Waals surface area contributed by atoms with E-state index in [4.69, 9.17) is 20.9 Å². The van der Waals surface area contributed by atoms with E-state index in [0.717, 1.165) is 49.5 Å². The van der Waals surface area contributed by atoms with E-state index in [1.807, 2.05) is 23.1 Å². The van der Waals surface area contributed by atoms with Gasteiger partial charge in [0, 0.05) is 17.5 Å². The number of carbonyl (C=O) groups excluding carboxylic acids is 1. The van der Waals surface area contributed by atoms with Gasteiger partial charge in [-0.2, -0.15) is 4.98 Å². The highest BCUT2D eigenvalue weighted by Crippen LogP contribution is 2.44. The minimum absolute atomic E-state index is 0.0282. The van der Waals surface area contributed by atoms with E-state index in [0.29, 0.717) is 23.4 Å². The summed E-state index contributed by atoms with van der Waals surface area (Å²) in [7, 11) is 0. The molecular weight excluding hydrogens is 418 g/mol. The number of amides is 1. The maximum absolute atomic E-state index is 13.7. The van der Waals surface area contributed by atoms with Crippen LogP contribution in [0, 0.1) is 0 Å². The van der Waals surface area contributed by atoms with Crippen molar-refractivity contribution in [3.63, 3.8) is 0 Å². The minimum Gasteiger partial charge on any atom is -0.376 e. The molecule has 3 atom stereocenters. The molecule has 0 spiro atoms. The molecule has 8 nitrogen and oxygen atoms in total. The molecule has 1 aliphatic carbocycles. The van der Waals surface area contributed by atoms with Crippen LogP contribution >= 0.6 is 11.6 Å². The molecule has 162 valence electrons. The molecule has 2 aromatic rings. The second-order valence-electron chi connectivity index (χ2n) is 8.75. The Balaban J connectivity index is 1.34. The first kappa shape index (κ1) is 19.3. The number of ether oxygens (including phenoxy) is 1. The summed E-state index contributed by atoms with van der Waals surface area (Å²) in [5, 5.41) is 4.81. The van der Waals surface area contributed by atoms with E-state index in [9.17, 15) is 4.79 Å². The molecule has 0 radical (unpaired) electrons. The summed E-state index contributed by atoms with van der Waals surface area (Å²) < 4.78 is 11.4. The quantitative estimate of drug-likeness (QED) is 0.716. The first-order chi connectivity index (χ1) is 15.2. The number of halogens is 1. The maximum Gasteiger partial charge on any atom is 0.254 e. The fourth-order valence-corrected chi connectivity index (χ4v) is 5.39. The summed E-state index contributed by atoms with van der Waals surface area (Å²) in [6, 6.07) is 4.54. The predicted molar refractivity (Wildman–Crippen MR) is 116 cm³/mol. The molecule has 31 heavy (non-hydrogen) atoms. The fraction of sp³-hybridized carbons (Fsp3) is 0.545. The van der Waals surface area contributed by atoms with Gasteiger partial charge in [-0.15, -0.1) is 0 Å². The first-order valence-electron chi connectivity index (χ1n) is 11.1. The summed E-state index contributed by atoms with van der Waals surface area (Å²) >= 11 is 6.28. The standard InChI is InChI=1S/C22H24ClN5O3/c23-14-7-8-16-17(10-14)27(11-15-6-3-9-30-15)22(29)19-18(24-12-28(16)19)21-25-20(26-31-21)13-4-1-2-5-13/h7-8,10,12-13,15,18-19H,1-6,9,11H2. The molecule has 3 aliphatic heterocycles. The second kappa shape index (κ2) is 7.60. The second-order valence-corrected chi connectivity index (χ2v) is 9.19. The lowest BCUT2D eigenvalue weighted by molar-refractivity contribution is -0.120. The minimum atomic E-state index is -0.549. The monoisotopic (exact) mass is 441 g/mol. The highest BCUT2D eigenvalue weighted by atomic mass is 35.5. The van der Waals surface area contributed by atoms with Gasteiger partial charge in [-0.25, -0.2) is 0 Å². The van der Waals surface area contributed by atoms with Crippen LogP contribution in [0.5, 0.6) is 0 Å². The molecule has 1 amide bonds. The van der Waals surface area contributed by atoms with Crippen molar-refractivity contribution in [2.45, 2.75) is 62.6 Å². The largest absolute Gasteiger partial charge is 0.376 e. The maximum atomic E-state index is 13.7. The molecule has 6 rings (SSSR count). The molecule has 1 aromatic heterocycles. The van der Waals surface area contributed by atoms with Gasteiger partial charge in [0.2, 0.25) is 0 Å². The zero-order chi connectivity index (χ0) is 20.9. The van der Waals surface area contributed by atoms with Crippen molar-refractivity contribution >= 4 is 35.2 Å². The number of fused-ring (bicyclic) bond motifs is 3. The summed E-state index contributed by atoms with van der Waals surface area (Å²) in [5.74, 6) is 1.45. The van der Waals surface area contributed by atoms with E-state index < -0.39 is 12.1 Å². The van der Waals surface area contributed by atoms with Gasteiger partial charge >= 0.3 is 0 Å². The predicted octanol–water partition coefficient (Wildman–Crippen LogP) is 3.86. The average molecular weight is 442 g/mol. The Kier molecular flexibility index (Phi) is 4.72. The first-order valence-corrected chi connectivity index (χ1v) is 11.4. The molecule has 4 heterocycles. The van der Waals surface area contributed by atoms with Gasteiger partial charge in [0.25, 0.3) is 11.8 Å². The molecule has 4 aliphatic rings. The molecule has 1 aromatic carbocycles. The lowest BCUT2D eigenvalue weighted by Crippen LogP contribution is -2.54. The number of benzene rings is 1. The summed E-state index contributed by atoms with van der Waals surface area (Å²) in [6.45, 7) is 1.24. The van der Waals surface area contributed by atoms with Crippen molar-refractivity contribution < 1.29 is 14.1 Å². The lowest BCUT2D eigenvalue weighted by atomic mass is 10.0. The molecule has 3 unspecified atom stereocenters. The van der Waals surface area contributed by atoms with Crippen LogP contribution in [0.4, 0.5) is 11.4 Å². The van der Waals surface area contributed by atoms with Crippen molar-refractivity contribution in [2.24, 2.45) is 4.99 Å². The van der Waals surface area contributed by atoms with Crippen molar-refractivity contribution in [3.05, 3.63) is 34.9 Å². The van der Waals surface area contributed by atoms with Gasteiger partial charge in [0.1, 0.15) is 6.04 Å². The third-order valence-electron chi connectivity index (χ3n) is 6.82. The van der Waals surface area contributed by atoms with Crippen LogP contribution in [0.2, 0.25) is 5.02 Å². The molecule has 1 saturated carbocycles. The number of carbonyl (C=O) groups is 1. The van der Waals surface area contributed by atoms with Gasteiger partial charge < -0.3 is 19.1 Å². The van der Waals surface area contributed by atoms with Crippen molar-refractivity contribution in [3.8, 4) is 0 Å². The van der Waals surface area contributed by atoms with Gasteiger partial charge in [-0.3, -0.25) is 9.79 Å². The molecular formula is C22H24ClN5O3. The zero-order valence-electron chi connectivity index (χ0n) is 17.1. The average Bonchev–Trinajstić information content (AvgIpc) is 3.56. The van der Waals surface area contributed by atoms with Gasteiger partial charge in [-0.05, 0) is 43.9 Å². The Morgan fingerprint density at radius 1 is 1.13 bits per heavy atom. The van der Waals surface area contributed by atoms with E-state index in [1.54, 1.807) is 11.2 Å². The lowest BCUT2D eigenvalue weighted by Gasteiger charge is -2.40. The van der Waals surface area contributed by atoms with E-state index in [1.165, 1.54) is 12.8 Å². The number of rotatable bonds is 4. The van der Waals surface area contributed by atoms with Crippen LogP contribution in [0.1, 0.15) is 62.2 Å². The summed E-state index contributed by atoms with van der Waals surface area (Å²) in [4.78, 5) is 26.7. The van der Waals surface area contributed by atoms with Crippen LogP contribution in [0.3, 0.4) is 0 Å². The van der Waals surface area contributed by atoms with Crippen LogP contribution in [0.25, 0.3) is 0 Å². The van der Waals surface area contributed by atoms with Crippen molar-refractivity contribution in [2.75, 3.05) is 23.0 Å². The summed E-state index contributed by atoms with van der Waals surface area (Å²) in [5.41, 5.74) is 1.68. The Labute approximate surface area is 185 Å². The SMILES string of the molecule is O=C1C2C(c3nc(C4CCCC4)no3)N=CN2c2ccc(Cl)cc2N1CC1CCCO1. The van der Waals surface area contributed by atoms with Crippen LogP contribution < -0.4 is 9.80 Å². The van der Waals surface area contributed by atoms with Crippen LogP contribution in [-0.4, -0.2) is 47.7 Å². The molecule has 0 bridgehead atoms. The molecule has 1 saturated heterocycles. The van der Waals surface area contributed by atoms with Crippen LogP contribution in [-0.2, 0) is 9.53 Å². The van der Waals surface area contributed by atoms with E-state index in [-0.39, 0.29) is 12.0 Å². The van der Waals surface area contributed by atoms with Crippen molar-refractivity contribution in [1.82, 2.24) is 10.1 Å². The van der Waals surface area contributed by atoms with Gasteiger partial charge in [-0.1, -0.05) is 29.6 Å². The highest BCUT2D eigenvalue weighted by molar-refractivity contribution is 6.31. The Bertz CT molecular complexity index is 1030. The number of hydrogen-bond acceptors (Lipinski definition) is 7. The number of nitrogens with zero attached hydrogens (tertiary/aromatic N) is 5. The van der Waals surface area contributed by atoms with E-state index >= 15 is 0 Å². The normalized spacial score (nSPS) is 27.9. The smallest absolute Gasteiger partial charge is 0.254 e.